The SMILES string of the molecule is O=C1CC(c2ccc(Cl)cc2Cl)c2ccccc2N1. The summed E-state index contributed by atoms with van der Waals surface area (Å²) in [6.07, 6.45) is 0.401. The minimum absolute atomic E-state index is 0.00900. The van der Waals surface area contributed by atoms with Gasteiger partial charge in [-0.25, -0.2) is 0 Å². The molecule has 0 bridgehead atoms. The van der Waals surface area contributed by atoms with Gasteiger partial charge in [-0.2, -0.15) is 0 Å². The Kier molecular flexibility index (Phi) is 3.21. The molecule has 2 aromatic carbocycles. The van der Waals surface area contributed by atoms with Gasteiger partial charge in [0, 0.05) is 28.1 Å². The van der Waals surface area contributed by atoms with Crippen molar-refractivity contribution in [3.63, 3.8) is 0 Å². The van der Waals surface area contributed by atoms with Crippen molar-refractivity contribution < 1.29 is 4.79 Å². The fourth-order valence-electron chi connectivity index (χ4n) is 2.47. The highest BCUT2D eigenvalue weighted by Gasteiger charge is 2.27. The Hall–Kier alpha value is -1.51. The van der Waals surface area contributed by atoms with Crippen molar-refractivity contribution >= 4 is 34.8 Å². The zero-order valence-corrected chi connectivity index (χ0v) is 11.5. The topological polar surface area (TPSA) is 29.1 Å². The predicted molar refractivity (Wildman–Crippen MR) is 78.0 cm³/mol. The Balaban J connectivity index is 2.12. The molecule has 0 aromatic heterocycles. The average molecular weight is 292 g/mol. The molecule has 1 unspecified atom stereocenters. The second-order valence-electron chi connectivity index (χ2n) is 4.56. The zero-order valence-electron chi connectivity index (χ0n) is 9.99. The van der Waals surface area contributed by atoms with Crippen LogP contribution in [0.5, 0.6) is 0 Å². The smallest absolute Gasteiger partial charge is 0.225 e. The molecule has 4 heteroatoms. The number of carbonyl (C=O) groups is 1. The zero-order chi connectivity index (χ0) is 13.4. The largest absolute Gasteiger partial charge is 0.326 e. The summed E-state index contributed by atoms with van der Waals surface area (Å²) >= 11 is 12.2. The van der Waals surface area contributed by atoms with Gasteiger partial charge < -0.3 is 5.32 Å². The van der Waals surface area contributed by atoms with Crippen LogP contribution in [0.2, 0.25) is 10.0 Å². The lowest BCUT2D eigenvalue weighted by Crippen LogP contribution is -2.23. The number of benzene rings is 2. The van der Waals surface area contributed by atoms with Crippen LogP contribution >= 0.6 is 23.2 Å². The molecule has 0 saturated carbocycles. The van der Waals surface area contributed by atoms with E-state index in [4.69, 9.17) is 23.2 Å². The van der Waals surface area contributed by atoms with E-state index >= 15 is 0 Å². The number of nitrogens with one attached hydrogen (secondary N) is 1. The third kappa shape index (κ3) is 2.34. The lowest BCUT2D eigenvalue weighted by atomic mass is 9.85. The van der Waals surface area contributed by atoms with Gasteiger partial charge in [-0.05, 0) is 29.3 Å². The Morgan fingerprint density at radius 2 is 1.84 bits per heavy atom. The molecular formula is C15H11Cl2NO. The molecule has 0 radical (unpaired) electrons. The molecule has 19 heavy (non-hydrogen) atoms. The van der Waals surface area contributed by atoms with Gasteiger partial charge in [0.2, 0.25) is 5.91 Å². The summed E-state index contributed by atoms with van der Waals surface area (Å²) in [6.45, 7) is 0. The Bertz CT molecular complexity index is 654. The summed E-state index contributed by atoms with van der Waals surface area (Å²) in [5, 5.41) is 4.08. The standard InChI is InChI=1S/C15H11Cl2NO/c16-9-5-6-10(13(17)7-9)12-8-15(19)18-14-4-2-1-3-11(12)14/h1-7,12H,8H2,(H,18,19). The molecule has 1 heterocycles. The van der Waals surface area contributed by atoms with E-state index in [-0.39, 0.29) is 11.8 Å². The molecule has 1 N–H and O–H groups in total. The Labute approximate surface area is 121 Å². The highest BCUT2D eigenvalue weighted by Crippen LogP contribution is 2.40. The van der Waals surface area contributed by atoms with Crippen LogP contribution in [0.25, 0.3) is 0 Å². The van der Waals surface area contributed by atoms with Crippen LogP contribution in [0.1, 0.15) is 23.5 Å². The fourth-order valence-corrected chi connectivity index (χ4v) is 3.01. The first-order valence-corrected chi connectivity index (χ1v) is 6.74. The number of carbonyl (C=O) groups excluding carboxylic acids is 1. The van der Waals surface area contributed by atoms with E-state index in [1.807, 2.05) is 30.3 Å². The number of hydrogen-bond donors (Lipinski definition) is 1. The van der Waals surface area contributed by atoms with Crippen molar-refractivity contribution in [3.8, 4) is 0 Å². The number of anilines is 1. The lowest BCUT2D eigenvalue weighted by Gasteiger charge is -2.26. The normalized spacial score (nSPS) is 17.8. The van der Waals surface area contributed by atoms with Crippen LogP contribution in [0, 0.1) is 0 Å². The van der Waals surface area contributed by atoms with E-state index in [1.165, 1.54) is 0 Å². The highest BCUT2D eigenvalue weighted by molar-refractivity contribution is 6.35. The van der Waals surface area contributed by atoms with Gasteiger partial charge in [0.25, 0.3) is 0 Å². The molecule has 96 valence electrons. The molecule has 0 fully saturated rings. The number of rotatable bonds is 1. The highest BCUT2D eigenvalue weighted by atomic mass is 35.5. The third-order valence-electron chi connectivity index (χ3n) is 3.34. The lowest BCUT2D eigenvalue weighted by molar-refractivity contribution is -0.116. The van der Waals surface area contributed by atoms with Gasteiger partial charge in [-0.3, -0.25) is 4.79 Å². The van der Waals surface area contributed by atoms with Gasteiger partial charge in [0.1, 0.15) is 0 Å². The summed E-state index contributed by atoms with van der Waals surface area (Å²) in [4.78, 5) is 11.8. The molecule has 3 rings (SSSR count). The monoisotopic (exact) mass is 291 g/mol. The van der Waals surface area contributed by atoms with Crippen LogP contribution < -0.4 is 5.32 Å². The maximum absolute atomic E-state index is 11.8. The second-order valence-corrected chi connectivity index (χ2v) is 5.40. The quantitative estimate of drug-likeness (QED) is 0.825. The minimum atomic E-state index is -0.0188. The van der Waals surface area contributed by atoms with E-state index in [2.05, 4.69) is 5.32 Å². The van der Waals surface area contributed by atoms with E-state index in [1.54, 1.807) is 12.1 Å². The summed E-state index contributed by atoms with van der Waals surface area (Å²) in [6, 6.07) is 13.2. The van der Waals surface area contributed by atoms with Crippen molar-refractivity contribution in [2.45, 2.75) is 12.3 Å². The van der Waals surface area contributed by atoms with Crippen LogP contribution in [0.3, 0.4) is 0 Å². The molecule has 0 saturated heterocycles. The van der Waals surface area contributed by atoms with Crippen LogP contribution in [-0.4, -0.2) is 5.91 Å². The number of para-hydroxylation sites is 1. The molecule has 0 aliphatic carbocycles. The van der Waals surface area contributed by atoms with Crippen molar-refractivity contribution in [2.75, 3.05) is 5.32 Å². The maximum atomic E-state index is 11.8. The maximum Gasteiger partial charge on any atom is 0.225 e. The molecule has 0 spiro atoms. The first-order valence-electron chi connectivity index (χ1n) is 5.99. The van der Waals surface area contributed by atoms with Gasteiger partial charge in [-0.1, -0.05) is 47.5 Å². The van der Waals surface area contributed by atoms with E-state index in [9.17, 15) is 4.79 Å². The molecule has 2 aromatic rings. The van der Waals surface area contributed by atoms with E-state index in [0.29, 0.717) is 16.5 Å². The number of amides is 1. The van der Waals surface area contributed by atoms with Gasteiger partial charge in [0.05, 0.1) is 0 Å². The van der Waals surface area contributed by atoms with Crippen LogP contribution in [-0.2, 0) is 4.79 Å². The van der Waals surface area contributed by atoms with E-state index < -0.39 is 0 Å². The van der Waals surface area contributed by atoms with Crippen molar-refractivity contribution in [1.82, 2.24) is 0 Å². The number of hydrogen-bond acceptors (Lipinski definition) is 1. The van der Waals surface area contributed by atoms with Gasteiger partial charge >= 0.3 is 0 Å². The fraction of sp³-hybridized carbons (Fsp3) is 0.133. The molecule has 1 aliphatic heterocycles. The van der Waals surface area contributed by atoms with Crippen molar-refractivity contribution in [2.24, 2.45) is 0 Å². The summed E-state index contributed by atoms with van der Waals surface area (Å²) in [5.41, 5.74) is 2.88. The summed E-state index contributed by atoms with van der Waals surface area (Å²) in [7, 11) is 0. The van der Waals surface area contributed by atoms with Crippen LogP contribution in [0.4, 0.5) is 5.69 Å². The molecule has 1 amide bonds. The van der Waals surface area contributed by atoms with Crippen molar-refractivity contribution in [3.05, 3.63) is 63.6 Å². The van der Waals surface area contributed by atoms with Crippen molar-refractivity contribution in [1.29, 1.82) is 0 Å². The van der Waals surface area contributed by atoms with Crippen LogP contribution in [0.15, 0.2) is 42.5 Å². The molecular weight excluding hydrogens is 281 g/mol. The predicted octanol–water partition coefficient (Wildman–Crippen LogP) is 4.47. The number of halogens is 2. The first kappa shape index (κ1) is 12.5. The molecule has 1 aliphatic rings. The summed E-state index contributed by atoms with van der Waals surface area (Å²) < 4.78 is 0. The van der Waals surface area contributed by atoms with Gasteiger partial charge in [0.15, 0.2) is 0 Å². The van der Waals surface area contributed by atoms with Gasteiger partial charge in [-0.15, -0.1) is 0 Å². The molecule has 1 atom stereocenters. The summed E-state index contributed by atoms with van der Waals surface area (Å²) in [5.74, 6) is -0.00978. The Morgan fingerprint density at radius 3 is 2.63 bits per heavy atom. The van der Waals surface area contributed by atoms with E-state index in [0.717, 1.165) is 16.8 Å². The first-order chi connectivity index (χ1) is 9.15. The third-order valence-corrected chi connectivity index (χ3v) is 3.90. The Morgan fingerprint density at radius 1 is 1.05 bits per heavy atom. The number of fused-ring (bicyclic) bond motifs is 1. The average Bonchev–Trinajstić information content (AvgIpc) is 2.38. The second kappa shape index (κ2) is 4.87. The molecule has 2 nitrogen and oxygen atoms in total. The minimum Gasteiger partial charge on any atom is -0.326 e.